The lowest BCUT2D eigenvalue weighted by Gasteiger charge is -2.25. The summed E-state index contributed by atoms with van der Waals surface area (Å²) in [5.41, 5.74) is 0. The van der Waals surface area contributed by atoms with E-state index in [9.17, 15) is 0 Å². The van der Waals surface area contributed by atoms with Crippen LogP contribution in [0.15, 0.2) is 0 Å². The molecule has 0 atom stereocenters. The standard InChI is InChI=1S/C6H13NS2/c1-8-3-2-7-6-4-9-5-6/h6-7H,2-5H2,1H3. The minimum Gasteiger partial charge on any atom is -0.312 e. The first-order chi connectivity index (χ1) is 4.43. The van der Waals surface area contributed by atoms with Gasteiger partial charge in [-0.25, -0.2) is 0 Å². The summed E-state index contributed by atoms with van der Waals surface area (Å²) in [4.78, 5) is 0. The molecular weight excluding hydrogens is 150 g/mol. The lowest BCUT2D eigenvalue weighted by atomic mass is 10.4. The molecule has 1 heterocycles. The summed E-state index contributed by atoms with van der Waals surface area (Å²) in [5.74, 6) is 3.91. The molecule has 1 saturated heterocycles. The highest BCUT2D eigenvalue weighted by Crippen LogP contribution is 2.16. The van der Waals surface area contributed by atoms with Gasteiger partial charge in [0.05, 0.1) is 0 Å². The van der Waals surface area contributed by atoms with E-state index in [1.165, 1.54) is 23.8 Å². The Morgan fingerprint density at radius 2 is 2.44 bits per heavy atom. The Labute approximate surface area is 65.4 Å². The Balaban J connectivity index is 1.80. The minimum atomic E-state index is 0.835. The largest absolute Gasteiger partial charge is 0.312 e. The molecule has 1 N–H and O–H groups in total. The number of hydrogen-bond donors (Lipinski definition) is 1. The highest BCUT2D eigenvalue weighted by atomic mass is 32.2. The predicted molar refractivity (Wildman–Crippen MR) is 47.5 cm³/mol. The first-order valence-corrected chi connectivity index (χ1v) is 5.78. The topological polar surface area (TPSA) is 12.0 Å². The van der Waals surface area contributed by atoms with Crippen LogP contribution < -0.4 is 5.32 Å². The van der Waals surface area contributed by atoms with Crippen LogP contribution in [-0.4, -0.2) is 36.1 Å². The van der Waals surface area contributed by atoms with Gasteiger partial charge in [-0.3, -0.25) is 0 Å². The van der Waals surface area contributed by atoms with Crippen molar-refractivity contribution in [3.63, 3.8) is 0 Å². The minimum absolute atomic E-state index is 0.835. The highest BCUT2D eigenvalue weighted by Gasteiger charge is 2.15. The Kier molecular flexibility index (Phi) is 3.86. The van der Waals surface area contributed by atoms with E-state index >= 15 is 0 Å². The molecule has 0 amide bonds. The summed E-state index contributed by atoms with van der Waals surface area (Å²) >= 11 is 3.94. The Morgan fingerprint density at radius 1 is 1.67 bits per heavy atom. The number of rotatable bonds is 4. The molecule has 0 aromatic heterocycles. The van der Waals surface area contributed by atoms with E-state index in [2.05, 4.69) is 11.6 Å². The Morgan fingerprint density at radius 3 is 2.89 bits per heavy atom. The van der Waals surface area contributed by atoms with Gasteiger partial charge in [0.15, 0.2) is 0 Å². The highest BCUT2D eigenvalue weighted by molar-refractivity contribution is 8.00. The van der Waals surface area contributed by atoms with Crippen molar-refractivity contribution in [1.82, 2.24) is 5.32 Å². The molecule has 0 aliphatic carbocycles. The van der Waals surface area contributed by atoms with E-state index in [1.807, 2.05) is 23.5 Å². The molecule has 54 valence electrons. The smallest absolute Gasteiger partial charge is 0.0249 e. The van der Waals surface area contributed by atoms with Crippen molar-refractivity contribution in [2.24, 2.45) is 0 Å². The zero-order valence-electron chi connectivity index (χ0n) is 5.72. The van der Waals surface area contributed by atoms with Crippen LogP contribution in [0.5, 0.6) is 0 Å². The van der Waals surface area contributed by atoms with Crippen LogP contribution in [-0.2, 0) is 0 Å². The molecule has 1 nitrogen and oxygen atoms in total. The monoisotopic (exact) mass is 163 g/mol. The van der Waals surface area contributed by atoms with Crippen LogP contribution in [0.4, 0.5) is 0 Å². The molecule has 3 heteroatoms. The molecule has 1 fully saturated rings. The van der Waals surface area contributed by atoms with Crippen molar-refractivity contribution in [2.45, 2.75) is 6.04 Å². The Bertz CT molecular complexity index is 73.5. The first-order valence-electron chi connectivity index (χ1n) is 3.23. The second kappa shape index (κ2) is 4.47. The van der Waals surface area contributed by atoms with Gasteiger partial charge in [0.25, 0.3) is 0 Å². The van der Waals surface area contributed by atoms with E-state index in [0.29, 0.717) is 0 Å². The van der Waals surface area contributed by atoms with E-state index in [0.717, 1.165) is 6.04 Å². The van der Waals surface area contributed by atoms with Crippen LogP contribution in [0.25, 0.3) is 0 Å². The molecule has 1 aliphatic rings. The average molecular weight is 163 g/mol. The summed E-state index contributed by atoms with van der Waals surface area (Å²) in [7, 11) is 0. The van der Waals surface area contributed by atoms with Gasteiger partial charge in [0.1, 0.15) is 0 Å². The van der Waals surface area contributed by atoms with Gasteiger partial charge in [-0.05, 0) is 6.26 Å². The molecule has 1 aliphatic heterocycles. The predicted octanol–water partition coefficient (Wildman–Crippen LogP) is 1.05. The lowest BCUT2D eigenvalue weighted by molar-refractivity contribution is 0.609. The van der Waals surface area contributed by atoms with E-state index < -0.39 is 0 Å². The van der Waals surface area contributed by atoms with E-state index in [4.69, 9.17) is 0 Å². The quantitative estimate of drug-likeness (QED) is 0.622. The van der Waals surface area contributed by atoms with Gasteiger partial charge in [-0.1, -0.05) is 0 Å². The summed E-state index contributed by atoms with van der Waals surface area (Å²) < 4.78 is 0. The lowest BCUT2D eigenvalue weighted by Crippen LogP contribution is -2.41. The number of hydrogen-bond acceptors (Lipinski definition) is 3. The molecule has 0 aromatic rings. The van der Waals surface area contributed by atoms with Gasteiger partial charge >= 0.3 is 0 Å². The molecule has 0 spiro atoms. The van der Waals surface area contributed by atoms with E-state index in [1.54, 1.807) is 0 Å². The third-order valence-corrected chi connectivity index (χ3v) is 3.27. The first kappa shape index (κ1) is 7.76. The fourth-order valence-electron chi connectivity index (χ4n) is 0.719. The zero-order chi connectivity index (χ0) is 6.53. The SMILES string of the molecule is CSCCNC1CSC1. The van der Waals surface area contributed by atoms with Crippen molar-refractivity contribution in [3.05, 3.63) is 0 Å². The van der Waals surface area contributed by atoms with Gasteiger partial charge in [0.2, 0.25) is 0 Å². The fourth-order valence-corrected chi connectivity index (χ4v) is 1.75. The third-order valence-electron chi connectivity index (χ3n) is 1.38. The second-order valence-electron chi connectivity index (χ2n) is 2.18. The van der Waals surface area contributed by atoms with Crippen molar-refractivity contribution in [2.75, 3.05) is 30.1 Å². The maximum Gasteiger partial charge on any atom is 0.0249 e. The van der Waals surface area contributed by atoms with Crippen molar-refractivity contribution >= 4 is 23.5 Å². The molecular formula is C6H13NS2. The van der Waals surface area contributed by atoms with Gasteiger partial charge in [-0.15, -0.1) is 0 Å². The van der Waals surface area contributed by atoms with Gasteiger partial charge in [-0.2, -0.15) is 23.5 Å². The van der Waals surface area contributed by atoms with Crippen LogP contribution in [0.2, 0.25) is 0 Å². The molecule has 0 bridgehead atoms. The fraction of sp³-hybridized carbons (Fsp3) is 1.00. The Hall–Kier alpha value is 0.660. The summed E-state index contributed by atoms with van der Waals surface area (Å²) in [6.07, 6.45) is 2.15. The average Bonchev–Trinajstić information content (AvgIpc) is 1.76. The second-order valence-corrected chi connectivity index (χ2v) is 4.24. The zero-order valence-corrected chi connectivity index (χ0v) is 7.36. The number of thioether (sulfide) groups is 2. The van der Waals surface area contributed by atoms with Gasteiger partial charge in [0, 0.05) is 29.8 Å². The number of nitrogens with one attached hydrogen (secondary N) is 1. The normalized spacial score (nSPS) is 19.7. The van der Waals surface area contributed by atoms with Crippen LogP contribution >= 0.6 is 23.5 Å². The van der Waals surface area contributed by atoms with Crippen LogP contribution in [0.3, 0.4) is 0 Å². The van der Waals surface area contributed by atoms with Crippen molar-refractivity contribution in [1.29, 1.82) is 0 Å². The third kappa shape index (κ3) is 2.83. The van der Waals surface area contributed by atoms with E-state index in [-0.39, 0.29) is 0 Å². The summed E-state index contributed by atoms with van der Waals surface area (Å²) in [5, 5.41) is 3.48. The summed E-state index contributed by atoms with van der Waals surface area (Å²) in [6.45, 7) is 1.19. The maximum atomic E-state index is 3.48. The van der Waals surface area contributed by atoms with Crippen LogP contribution in [0.1, 0.15) is 0 Å². The van der Waals surface area contributed by atoms with Gasteiger partial charge < -0.3 is 5.32 Å². The molecule has 0 aromatic carbocycles. The van der Waals surface area contributed by atoms with Crippen molar-refractivity contribution in [3.8, 4) is 0 Å². The maximum absolute atomic E-state index is 3.48. The van der Waals surface area contributed by atoms with Crippen LogP contribution in [0, 0.1) is 0 Å². The molecule has 9 heavy (non-hydrogen) atoms. The molecule has 1 rings (SSSR count). The molecule has 0 saturated carbocycles. The molecule has 0 unspecified atom stereocenters. The van der Waals surface area contributed by atoms with Crippen molar-refractivity contribution < 1.29 is 0 Å². The summed E-state index contributed by atoms with van der Waals surface area (Å²) in [6, 6.07) is 0.835. The molecule has 0 radical (unpaired) electrons.